The lowest BCUT2D eigenvalue weighted by molar-refractivity contribution is -0.494. The smallest absolute Gasteiger partial charge is 0.165 e. The van der Waals surface area contributed by atoms with E-state index < -0.39 is 5.03 Å². The monoisotopic (exact) mass is 166 g/mol. The minimum atomic E-state index is -0.407. The highest BCUT2D eigenvalue weighted by molar-refractivity contribution is 5.42. The van der Waals surface area contributed by atoms with E-state index in [9.17, 15) is 10.1 Å². The van der Waals surface area contributed by atoms with Crippen LogP contribution in [0.5, 0.6) is 0 Å². The van der Waals surface area contributed by atoms with E-state index in [1.54, 1.807) is 31.2 Å². The Morgan fingerprint density at radius 3 is 2.42 bits per heavy atom. The third kappa shape index (κ3) is 1.72. The SMILES string of the molecule is CCN(c1ccccc1)[N+](=O)[O-]. The molecule has 0 amide bonds. The summed E-state index contributed by atoms with van der Waals surface area (Å²) in [4.78, 5) is 10.5. The molecular formula is C8H10N2O2. The molecule has 4 nitrogen and oxygen atoms in total. The molecule has 0 radical (unpaired) electrons. The van der Waals surface area contributed by atoms with Gasteiger partial charge in [0.2, 0.25) is 0 Å². The van der Waals surface area contributed by atoms with Crippen LogP contribution in [0.2, 0.25) is 0 Å². The van der Waals surface area contributed by atoms with Crippen molar-refractivity contribution in [3.8, 4) is 0 Å². The third-order valence-electron chi connectivity index (χ3n) is 1.55. The molecule has 0 fully saturated rings. The van der Waals surface area contributed by atoms with Crippen LogP contribution in [0.15, 0.2) is 30.3 Å². The summed E-state index contributed by atoms with van der Waals surface area (Å²) in [7, 11) is 0. The van der Waals surface area contributed by atoms with Gasteiger partial charge in [0.15, 0.2) is 5.03 Å². The average molecular weight is 166 g/mol. The normalized spacial score (nSPS) is 9.42. The lowest BCUT2D eigenvalue weighted by Gasteiger charge is -2.10. The van der Waals surface area contributed by atoms with Crippen molar-refractivity contribution < 1.29 is 5.03 Å². The van der Waals surface area contributed by atoms with Crippen molar-refractivity contribution in [1.82, 2.24) is 0 Å². The van der Waals surface area contributed by atoms with Crippen LogP contribution in [0.25, 0.3) is 0 Å². The van der Waals surface area contributed by atoms with Crippen molar-refractivity contribution in [3.05, 3.63) is 40.4 Å². The maximum atomic E-state index is 10.5. The molecule has 12 heavy (non-hydrogen) atoms. The van der Waals surface area contributed by atoms with Gasteiger partial charge in [0.1, 0.15) is 5.69 Å². The number of hydrogen-bond donors (Lipinski definition) is 0. The molecule has 0 aliphatic carbocycles. The maximum Gasteiger partial charge on any atom is 0.165 e. The number of para-hydroxylation sites is 1. The predicted octanol–water partition coefficient (Wildman–Crippen LogP) is 1.70. The number of anilines is 1. The summed E-state index contributed by atoms with van der Waals surface area (Å²) < 4.78 is 0. The Morgan fingerprint density at radius 2 is 2.00 bits per heavy atom. The van der Waals surface area contributed by atoms with E-state index in [0.29, 0.717) is 12.2 Å². The van der Waals surface area contributed by atoms with Crippen molar-refractivity contribution in [2.45, 2.75) is 6.92 Å². The molecule has 1 aromatic rings. The molecule has 4 heteroatoms. The van der Waals surface area contributed by atoms with Crippen molar-refractivity contribution in [2.75, 3.05) is 11.6 Å². The summed E-state index contributed by atoms with van der Waals surface area (Å²) in [5, 5.41) is 11.2. The molecule has 64 valence electrons. The van der Waals surface area contributed by atoms with Crippen LogP contribution in [-0.4, -0.2) is 11.6 Å². The lowest BCUT2D eigenvalue weighted by atomic mass is 10.3. The summed E-state index contributed by atoms with van der Waals surface area (Å²) >= 11 is 0. The molecule has 0 bridgehead atoms. The second kappa shape index (κ2) is 3.71. The topological polar surface area (TPSA) is 46.4 Å². The van der Waals surface area contributed by atoms with E-state index in [4.69, 9.17) is 0 Å². The molecule has 0 saturated heterocycles. The highest BCUT2D eigenvalue weighted by Gasteiger charge is 2.12. The Balaban J connectivity index is 2.88. The number of hydrogen-bond acceptors (Lipinski definition) is 2. The standard InChI is InChI=1S/C8H10N2O2/c1-2-9(10(11)12)8-6-4-3-5-7-8/h3-7H,2H2,1H3. The first-order chi connectivity index (χ1) is 5.75. The van der Waals surface area contributed by atoms with Gasteiger partial charge in [0.25, 0.3) is 0 Å². The van der Waals surface area contributed by atoms with Gasteiger partial charge in [-0.3, -0.25) is 0 Å². The Hall–Kier alpha value is -1.58. The highest BCUT2D eigenvalue weighted by atomic mass is 16.7. The van der Waals surface area contributed by atoms with Crippen LogP contribution >= 0.6 is 0 Å². The van der Waals surface area contributed by atoms with E-state index >= 15 is 0 Å². The van der Waals surface area contributed by atoms with Gasteiger partial charge in [-0.25, -0.2) is 10.1 Å². The van der Waals surface area contributed by atoms with Crippen LogP contribution in [0.1, 0.15) is 6.92 Å². The Bertz CT molecular complexity index is 261. The minimum Gasteiger partial charge on any atom is -0.234 e. The fraction of sp³-hybridized carbons (Fsp3) is 0.250. The molecule has 0 heterocycles. The largest absolute Gasteiger partial charge is 0.234 e. The zero-order chi connectivity index (χ0) is 8.97. The molecule has 1 rings (SSSR count). The van der Waals surface area contributed by atoms with Gasteiger partial charge >= 0.3 is 0 Å². The summed E-state index contributed by atoms with van der Waals surface area (Å²) in [6, 6.07) is 8.82. The number of nitro groups is 1. The molecule has 0 aliphatic heterocycles. The molecule has 0 atom stereocenters. The van der Waals surface area contributed by atoms with Gasteiger partial charge in [-0.1, -0.05) is 23.2 Å². The van der Waals surface area contributed by atoms with Gasteiger partial charge in [0.05, 0.1) is 6.54 Å². The Labute approximate surface area is 70.5 Å². The molecule has 0 spiro atoms. The Kier molecular flexibility index (Phi) is 2.63. The third-order valence-corrected chi connectivity index (χ3v) is 1.55. The van der Waals surface area contributed by atoms with Crippen LogP contribution in [-0.2, 0) is 0 Å². The summed E-state index contributed by atoms with van der Waals surface area (Å²) in [6.07, 6.45) is 0. The first-order valence-electron chi connectivity index (χ1n) is 3.72. The van der Waals surface area contributed by atoms with Gasteiger partial charge in [-0.2, -0.15) is 0 Å². The molecule has 0 N–H and O–H groups in total. The van der Waals surface area contributed by atoms with E-state index in [1.807, 2.05) is 6.07 Å². The van der Waals surface area contributed by atoms with Crippen LogP contribution < -0.4 is 5.01 Å². The minimum absolute atomic E-state index is 0.372. The predicted molar refractivity (Wildman–Crippen MR) is 46.5 cm³/mol. The van der Waals surface area contributed by atoms with E-state index in [-0.39, 0.29) is 0 Å². The zero-order valence-electron chi connectivity index (χ0n) is 6.80. The molecule has 0 aliphatic rings. The lowest BCUT2D eigenvalue weighted by Crippen LogP contribution is -2.29. The molecular weight excluding hydrogens is 156 g/mol. The summed E-state index contributed by atoms with van der Waals surface area (Å²) in [5.74, 6) is 0. The van der Waals surface area contributed by atoms with Gasteiger partial charge in [-0.05, 0) is 19.1 Å². The number of nitrogens with zero attached hydrogens (tertiary/aromatic N) is 2. The van der Waals surface area contributed by atoms with Gasteiger partial charge in [0, 0.05) is 0 Å². The number of hydrazine groups is 1. The fourth-order valence-corrected chi connectivity index (χ4v) is 0.992. The van der Waals surface area contributed by atoms with Crippen LogP contribution in [0.4, 0.5) is 5.69 Å². The van der Waals surface area contributed by atoms with Gasteiger partial charge in [-0.15, -0.1) is 0 Å². The van der Waals surface area contributed by atoms with Crippen LogP contribution in [0, 0.1) is 10.1 Å². The second-order valence-electron chi connectivity index (χ2n) is 2.29. The van der Waals surface area contributed by atoms with E-state index in [0.717, 1.165) is 5.01 Å². The fourth-order valence-electron chi connectivity index (χ4n) is 0.992. The summed E-state index contributed by atoms with van der Waals surface area (Å²) in [5.41, 5.74) is 0.616. The molecule has 0 aromatic heterocycles. The van der Waals surface area contributed by atoms with Crippen molar-refractivity contribution in [2.24, 2.45) is 0 Å². The van der Waals surface area contributed by atoms with E-state index in [1.165, 1.54) is 0 Å². The molecule has 1 aromatic carbocycles. The maximum absolute atomic E-state index is 10.5. The van der Waals surface area contributed by atoms with E-state index in [2.05, 4.69) is 0 Å². The molecule has 0 unspecified atom stereocenters. The van der Waals surface area contributed by atoms with Gasteiger partial charge < -0.3 is 0 Å². The first-order valence-corrected chi connectivity index (χ1v) is 3.72. The highest BCUT2D eigenvalue weighted by Crippen LogP contribution is 2.11. The first kappa shape index (κ1) is 8.52. The van der Waals surface area contributed by atoms with Crippen molar-refractivity contribution in [3.63, 3.8) is 0 Å². The average Bonchev–Trinajstić information content (AvgIpc) is 2.07. The number of rotatable bonds is 3. The second-order valence-corrected chi connectivity index (χ2v) is 2.29. The number of benzene rings is 1. The summed E-state index contributed by atoms with van der Waals surface area (Å²) in [6.45, 7) is 2.12. The molecule has 0 saturated carbocycles. The van der Waals surface area contributed by atoms with Crippen molar-refractivity contribution >= 4 is 5.69 Å². The van der Waals surface area contributed by atoms with Crippen molar-refractivity contribution in [1.29, 1.82) is 0 Å². The zero-order valence-corrected chi connectivity index (χ0v) is 6.80. The quantitative estimate of drug-likeness (QED) is 0.507. The van der Waals surface area contributed by atoms with Crippen LogP contribution in [0.3, 0.4) is 0 Å². The Morgan fingerprint density at radius 1 is 1.42 bits per heavy atom.